The number of carbonyl (C=O) groups is 2. The lowest BCUT2D eigenvalue weighted by molar-refractivity contribution is -0.136. The van der Waals surface area contributed by atoms with E-state index in [4.69, 9.17) is 5.11 Å². The maximum Gasteiger partial charge on any atom is 0.316 e. The zero-order valence-electron chi connectivity index (χ0n) is 9.22. The van der Waals surface area contributed by atoms with Gasteiger partial charge in [-0.05, 0) is 32.1 Å². The van der Waals surface area contributed by atoms with E-state index >= 15 is 0 Å². The van der Waals surface area contributed by atoms with Crippen molar-refractivity contribution >= 4 is 23.6 Å². The van der Waals surface area contributed by atoms with Crippen molar-refractivity contribution in [3.8, 4) is 0 Å². The Labute approximate surface area is 99.4 Å². The first-order valence-electron chi connectivity index (χ1n) is 5.85. The van der Waals surface area contributed by atoms with Gasteiger partial charge in [0.1, 0.15) is 5.25 Å². The number of hydrogen-bond acceptors (Lipinski definition) is 3. The Balaban J connectivity index is 1.88. The van der Waals surface area contributed by atoms with Crippen molar-refractivity contribution in [3.63, 3.8) is 0 Å². The number of hydrogen-bond donors (Lipinski definition) is 1. The lowest BCUT2D eigenvalue weighted by Gasteiger charge is -2.28. The number of carbonyl (C=O) groups excluding carboxylic acids is 1. The molecule has 5 heteroatoms. The van der Waals surface area contributed by atoms with Crippen molar-refractivity contribution in [1.29, 1.82) is 0 Å². The van der Waals surface area contributed by atoms with Crippen LogP contribution in [0.2, 0.25) is 0 Å². The summed E-state index contributed by atoms with van der Waals surface area (Å²) in [5.41, 5.74) is 0. The van der Waals surface area contributed by atoms with Crippen LogP contribution in [-0.2, 0) is 9.59 Å². The van der Waals surface area contributed by atoms with Crippen LogP contribution in [0.4, 0.5) is 0 Å². The van der Waals surface area contributed by atoms with Crippen LogP contribution in [0, 0.1) is 0 Å². The summed E-state index contributed by atoms with van der Waals surface area (Å²) < 4.78 is 0. The highest BCUT2D eigenvalue weighted by molar-refractivity contribution is 8.02. The molecule has 0 bridgehead atoms. The van der Waals surface area contributed by atoms with E-state index in [1.807, 2.05) is 4.90 Å². The van der Waals surface area contributed by atoms with E-state index in [2.05, 4.69) is 0 Å². The summed E-state index contributed by atoms with van der Waals surface area (Å²) >= 11 is 1.33. The summed E-state index contributed by atoms with van der Waals surface area (Å²) in [7, 11) is 0. The number of amides is 1. The SMILES string of the molecule is O=C(O)[C@H]1CC[C@@H](C(=O)N2CCCCC2)S1. The van der Waals surface area contributed by atoms with E-state index in [-0.39, 0.29) is 16.4 Å². The van der Waals surface area contributed by atoms with Crippen molar-refractivity contribution in [3.05, 3.63) is 0 Å². The molecule has 0 aromatic heterocycles. The molecule has 0 radical (unpaired) electrons. The molecular formula is C11H17NO3S. The number of carboxylic acid groups (broad SMARTS) is 1. The molecule has 16 heavy (non-hydrogen) atoms. The van der Waals surface area contributed by atoms with Crippen molar-refractivity contribution in [1.82, 2.24) is 4.90 Å². The molecule has 0 unspecified atom stereocenters. The summed E-state index contributed by atoms with van der Waals surface area (Å²) in [5, 5.41) is 8.39. The van der Waals surface area contributed by atoms with Gasteiger partial charge in [0.15, 0.2) is 0 Å². The molecule has 2 rings (SSSR count). The van der Waals surface area contributed by atoms with Crippen LogP contribution < -0.4 is 0 Å². The number of likely N-dealkylation sites (tertiary alicyclic amines) is 1. The third kappa shape index (κ3) is 2.51. The normalized spacial score (nSPS) is 30.4. The van der Waals surface area contributed by atoms with Gasteiger partial charge in [0.25, 0.3) is 0 Å². The Morgan fingerprint density at radius 3 is 2.25 bits per heavy atom. The van der Waals surface area contributed by atoms with Gasteiger partial charge in [-0.3, -0.25) is 9.59 Å². The Kier molecular flexibility index (Phi) is 3.74. The molecule has 2 saturated heterocycles. The Morgan fingerprint density at radius 2 is 1.69 bits per heavy atom. The molecule has 4 nitrogen and oxygen atoms in total. The number of thioether (sulfide) groups is 1. The summed E-state index contributed by atoms with van der Waals surface area (Å²) in [6, 6.07) is 0. The van der Waals surface area contributed by atoms with E-state index in [1.165, 1.54) is 18.2 Å². The zero-order chi connectivity index (χ0) is 11.5. The maximum absolute atomic E-state index is 12.1. The van der Waals surface area contributed by atoms with Gasteiger partial charge in [0, 0.05) is 13.1 Å². The van der Waals surface area contributed by atoms with E-state index in [0.29, 0.717) is 6.42 Å². The molecule has 1 amide bonds. The van der Waals surface area contributed by atoms with Crippen LogP contribution in [0.5, 0.6) is 0 Å². The summed E-state index contributed by atoms with van der Waals surface area (Å²) in [4.78, 5) is 24.8. The fourth-order valence-electron chi connectivity index (χ4n) is 2.32. The molecule has 0 spiro atoms. The first-order valence-corrected chi connectivity index (χ1v) is 6.80. The third-order valence-corrected chi connectivity index (χ3v) is 4.77. The molecule has 2 heterocycles. The number of carboxylic acids is 1. The molecule has 0 aromatic carbocycles. The van der Waals surface area contributed by atoms with Gasteiger partial charge >= 0.3 is 5.97 Å². The molecule has 2 aliphatic rings. The first-order chi connectivity index (χ1) is 7.68. The number of nitrogens with zero attached hydrogens (tertiary/aromatic N) is 1. The standard InChI is InChI=1S/C11H17NO3S/c13-10(12-6-2-1-3-7-12)8-4-5-9(16-8)11(14)15/h8-9H,1-7H2,(H,14,15)/t8-,9+/m0/s1. The van der Waals surface area contributed by atoms with Gasteiger partial charge in [-0.1, -0.05) is 0 Å². The van der Waals surface area contributed by atoms with Gasteiger partial charge in [-0.15, -0.1) is 11.8 Å². The Bertz CT molecular complexity index is 289. The predicted molar refractivity (Wildman–Crippen MR) is 62.5 cm³/mol. The summed E-state index contributed by atoms with van der Waals surface area (Å²) in [6.07, 6.45) is 4.73. The van der Waals surface area contributed by atoms with E-state index in [1.54, 1.807) is 0 Å². The monoisotopic (exact) mass is 243 g/mol. The topological polar surface area (TPSA) is 57.6 Å². The van der Waals surface area contributed by atoms with Gasteiger partial charge in [-0.2, -0.15) is 0 Å². The fraction of sp³-hybridized carbons (Fsp3) is 0.818. The third-order valence-electron chi connectivity index (χ3n) is 3.24. The molecular weight excluding hydrogens is 226 g/mol. The molecule has 0 aliphatic carbocycles. The summed E-state index contributed by atoms with van der Waals surface area (Å²) in [6.45, 7) is 1.71. The Morgan fingerprint density at radius 1 is 1.06 bits per heavy atom. The average Bonchev–Trinajstić information content (AvgIpc) is 2.78. The van der Waals surface area contributed by atoms with Crippen LogP contribution in [-0.4, -0.2) is 45.5 Å². The van der Waals surface area contributed by atoms with Crippen molar-refractivity contribution in [2.24, 2.45) is 0 Å². The van der Waals surface area contributed by atoms with E-state index in [9.17, 15) is 9.59 Å². The minimum atomic E-state index is -0.779. The quantitative estimate of drug-likeness (QED) is 0.795. The second-order valence-corrected chi connectivity index (χ2v) is 5.83. The molecule has 90 valence electrons. The number of aliphatic carboxylic acids is 1. The van der Waals surface area contributed by atoms with Gasteiger partial charge in [0.05, 0.1) is 5.25 Å². The molecule has 2 atom stereocenters. The van der Waals surface area contributed by atoms with Crippen LogP contribution >= 0.6 is 11.8 Å². The average molecular weight is 243 g/mol. The zero-order valence-corrected chi connectivity index (χ0v) is 10.0. The molecule has 2 fully saturated rings. The molecule has 2 aliphatic heterocycles. The second kappa shape index (κ2) is 5.08. The molecule has 0 aromatic rings. The minimum absolute atomic E-state index is 0.112. The lowest BCUT2D eigenvalue weighted by Crippen LogP contribution is -2.40. The highest BCUT2D eigenvalue weighted by Gasteiger charge is 2.36. The minimum Gasteiger partial charge on any atom is -0.480 e. The largest absolute Gasteiger partial charge is 0.480 e. The fourth-order valence-corrected chi connectivity index (χ4v) is 3.64. The molecule has 1 N–H and O–H groups in total. The first kappa shape index (κ1) is 11.8. The van der Waals surface area contributed by atoms with Crippen molar-refractivity contribution in [2.75, 3.05) is 13.1 Å². The second-order valence-electron chi connectivity index (χ2n) is 4.41. The van der Waals surface area contributed by atoms with Gasteiger partial charge in [-0.25, -0.2) is 0 Å². The van der Waals surface area contributed by atoms with E-state index < -0.39 is 5.97 Å². The summed E-state index contributed by atoms with van der Waals surface area (Å²) in [5.74, 6) is -0.618. The van der Waals surface area contributed by atoms with Crippen LogP contribution in [0.15, 0.2) is 0 Å². The smallest absolute Gasteiger partial charge is 0.316 e. The lowest BCUT2D eigenvalue weighted by atomic mass is 10.1. The highest BCUT2D eigenvalue weighted by Crippen LogP contribution is 2.35. The Hall–Kier alpha value is -0.710. The molecule has 0 saturated carbocycles. The van der Waals surface area contributed by atoms with Crippen LogP contribution in [0.25, 0.3) is 0 Å². The predicted octanol–water partition coefficient (Wildman–Crippen LogP) is 1.35. The van der Waals surface area contributed by atoms with Gasteiger partial charge < -0.3 is 10.0 Å². The van der Waals surface area contributed by atoms with Crippen LogP contribution in [0.3, 0.4) is 0 Å². The number of piperidine rings is 1. The van der Waals surface area contributed by atoms with Crippen molar-refractivity contribution in [2.45, 2.75) is 42.6 Å². The van der Waals surface area contributed by atoms with Gasteiger partial charge in [0.2, 0.25) is 5.91 Å². The van der Waals surface area contributed by atoms with Crippen LogP contribution in [0.1, 0.15) is 32.1 Å². The van der Waals surface area contributed by atoms with Crippen molar-refractivity contribution < 1.29 is 14.7 Å². The highest BCUT2D eigenvalue weighted by atomic mass is 32.2. The maximum atomic E-state index is 12.1. The van der Waals surface area contributed by atoms with E-state index in [0.717, 1.165) is 32.4 Å². The number of rotatable bonds is 2.